The summed E-state index contributed by atoms with van der Waals surface area (Å²) in [5.74, 6) is -4.57. The number of carbonyl (C=O) groups is 5. The Hall–Kier alpha value is -4.93. The zero-order valence-electron chi connectivity index (χ0n) is 23.7. The molecule has 1 aromatic heterocycles. The number of esters is 2. The van der Waals surface area contributed by atoms with Gasteiger partial charge >= 0.3 is 18.0 Å². The Balaban J connectivity index is 2.23. The number of urea groups is 1. The molecule has 0 N–H and O–H groups in total. The number of amides is 4. The zero-order chi connectivity index (χ0) is 30.0. The molecule has 0 unspecified atom stereocenters. The van der Waals surface area contributed by atoms with Crippen molar-refractivity contribution in [2.45, 2.75) is 26.7 Å². The number of likely N-dealkylation sites (N-methyl/N-ethyl adjacent to an activating group) is 2. The molecule has 4 rings (SSSR count). The minimum Gasteiger partial charge on any atom is -0.497 e. The Bertz CT molecular complexity index is 1500. The fourth-order valence-electron chi connectivity index (χ4n) is 4.81. The van der Waals surface area contributed by atoms with Crippen LogP contribution in [0.1, 0.15) is 51.7 Å². The quantitative estimate of drug-likeness (QED) is 0.299. The van der Waals surface area contributed by atoms with Crippen molar-refractivity contribution in [2.75, 3.05) is 34.4 Å². The molecule has 2 heterocycles. The summed E-state index contributed by atoms with van der Waals surface area (Å²) in [6, 6.07) is 13.0. The minimum absolute atomic E-state index is 0.00857. The molecule has 4 amide bonds. The van der Waals surface area contributed by atoms with Gasteiger partial charge in [0.1, 0.15) is 17.4 Å². The number of hydrogen-bond donors (Lipinski definition) is 0. The highest BCUT2D eigenvalue weighted by atomic mass is 16.5. The van der Waals surface area contributed by atoms with Gasteiger partial charge in [-0.05, 0) is 50.6 Å². The van der Waals surface area contributed by atoms with Gasteiger partial charge in [0.15, 0.2) is 0 Å². The summed E-state index contributed by atoms with van der Waals surface area (Å²) in [4.78, 5) is 68.9. The molecule has 1 saturated heterocycles. The second-order valence-corrected chi connectivity index (χ2v) is 9.34. The van der Waals surface area contributed by atoms with E-state index in [9.17, 15) is 24.0 Å². The molecule has 0 bridgehead atoms. The van der Waals surface area contributed by atoms with E-state index >= 15 is 0 Å². The minimum atomic E-state index is -1.63. The van der Waals surface area contributed by atoms with Gasteiger partial charge in [-0.25, -0.2) is 14.4 Å². The lowest BCUT2D eigenvalue weighted by Crippen LogP contribution is -2.56. The van der Waals surface area contributed by atoms with Gasteiger partial charge in [0, 0.05) is 25.3 Å². The number of aromatic nitrogens is 1. The number of imide groups is 2. The molecule has 1 fully saturated rings. The molecule has 1 aliphatic rings. The third-order valence-corrected chi connectivity index (χ3v) is 6.83. The maximum atomic E-state index is 13.7. The fourth-order valence-corrected chi connectivity index (χ4v) is 4.81. The molecule has 11 heteroatoms. The second kappa shape index (κ2) is 11.7. The number of benzene rings is 2. The third-order valence-electron chi connectivity index (χ3n) is 6.83. The Morgan fingerprint density at radius 3 is 1.85 bits per heavy atom. The lowest BCUT2D eigenvalue weighted by Gasteiger charge is -2.33. The molecular weight excluding hydrogens is 530 g/mol. The topological polar surface area (TPSA) is 124 Å². The monoisotopic (exact) mass is 561 g/mol. The molecule has 0 spiro atoms. The molecule has 11 nitrogen and oxygen atoms in total. The molecule has 214 valence electrons. The summed E-state index contributed by atoms with van der Waals surface area (Å²) in [5, 5.41) is 0. The Kier molecular flexibility index (Phi) is 8.27. The summed E-state index contributed by atoms with van der Waals surface area (Å²) < 4.78 is 17.5. The van der Waals surface area contributed by atoms with Gasteiger partial charge in [-0.15, -0.1) is 0 Å². The summed E-state index contributed by atoms with van der Waals surface area (Å²) in [6.07, 6.45) is 0. The molecule has 0 aliphatic carbocycles. The molecule has 3 aromatic rings. The zero-order valence-corrected chi connectivity index (χ0v) is 23.7. The standard InChI is InChI=1S/C30H31N3O8/c1-7-40-28(36)22-21(23-26(34)31(4)30(38)32(5)27(23)35)24(18-11-9-17(3)10-12-18)33(25(22)29(37)41-8-2)19-13-15-20(39-6)16-14-19/h9-16,23H,7-8H2,1-6H3. The molecule has 0 saturated carbocycles. The van der Waals surface area contributed by atoms with E-state index in [1.54, 1.807) is 50.2 Å². The van der Waals surface area contributed by atoms with Crippen LogP contribution in [0.5, 0.6) is 5.75 Å². The van der Waals surface area contributed by atoms with Crippen molar-refractivity contribution in [2.24, 2.45) is 0 Å². The van der Waals surface area contributed by atoms with Crippen molar-refractivity contribution in [3.63, 3.8) is 0 Å². The summed E-state index contributed by atoms with van der Waals surface area (Å²) in [5.41, 5.74) is 1.52. The molecule has 0 atom stereocenters. The van der Waals surface area contributed by atoms with Gasteiger partial charge in [-0.2, -0.15) is 0 Å². The number of hydrogen-bond acceptors (Lipinski definition) is 8. The molecule has 41 heavy (non-hydrogen) atoms. The highest BCUT2D eigenvalue weighted by Crippen LogP contribution is 2.42. The van der Waals surface area contributed by atoms with Gasteiger partial charge in [0.05, 0.1) is 31.6 Å². The van der Waals surface area contributed by atoms with Crippen LogP contribution in [0, 0.1) is 6.92 Å². The second-order valence-electron chi connectivity index (χ2n) is 9.34. The van der Waals surface area contributed by atoms with Gasteiger partial charge in [-0.1, -0.05) is 29.8 Å². The maximum absolute atomic E-state index is 13.7. The van der Waals surface area contributed by atoms with E-state index in [-0.39, 0.29) is 35.7 Å². The van der Waals surface area contributed by atoms with Crippen molar-refractivity contribution in [1.29, 1.82) is 0 Å². The Morgan fingerprint density at radius 2 is 1.34 bits per heavy atom. The number of methoxy groups -OCH3 is 1. The van der Waals surface area contributed by atoms with Crippen molar-refractivity contribution >= 4 is 29.8 Å². The molecule has 1 aliphatic heterocycles. The van der Waals surface area contributed by atoms with Crippen LogP contribution in [0.4, 0.5) is 4.79 Å². The Morgan fingerprint density at radius 1 is 0.805 bits per heavy atom. The maximum Gasteiger partial charge on any atom is 0.356 e. The van der Waals surface area contributed by atoms with Gasteiger partial charge in [0.25, 0.3) is 0 Å². The van der Waals surface area contributed by atoms with E-state index in [1.807, 2.05) is 19.1 Å². The average molecular weight is 562 g/mol. The predicted molar refractivity (Wildman–Crippen MR) is 148 cm³/mol. The third kappa shape index (κ3) is 5.06. The fraction of sp³-hybridized carbons (Fsp3) is 0.300. The summed E-state index contributed by atoms with van der Waals surface area (Å²) in [7, 11) is 4.02. The smallest absolute Gasteiger partial charge is 0.356 e. The summed E-state index contributed by atoms with van der Waals surface area (Å²) in [6.45, 7) is 5.06. The van der Waals surface area contributed by atoms with Crippen molar-refractivity contribution in [3.8, 4) is 22.7 Å². The van der Waals surface area contributed by atoms with Crippen LogP contribution in [-0.4, -0.2) is 78.6 Å². The van der Waals surface area contributed by atoms with Crippen molar-refractivity contribution in [3.05, 3.63) is 70.9 Å². The number of carbonyl (C=O) groups excluding carboxylic acids is 5. The molecule has 2 aromatic carbocycles. The number of aryl methyl sites for hydroxylation is 1. The summed E-state index contributed by atoms with van der Waals surface area (Å²) >= 11 is 0. The molecule has 0 radical (unpaired) electrons. The first kappa shape index (κ1) is 29.1. The first-order chi connectivity index (χ1) is 19.6. The van der Waals surface area contributed by atoms with Gasteiger partial charge in [-0.3, -0.25) is 19.4 Å². The van der Waals surface area contributed by atoms with Crippen LogP contribution in [0.3, 0.4) is 0 Å². The highest BCUT2D eigenvalue weighted by molar-refractivity contribution is 6.21. The van der Waals surface area contributed by atoms with E-state index in [0.717, 1.165) is 15.4 Å². The molecular formula is C30H31N3O8. The van der Waals surface area contributed by atoms with Crippen LogP contribution in [0.2, 0.25) is 0 Å². The van der Waals surface area contributed by atoms with Crippen LogP contribution in [0.15, 0.2) is 48.5 Å². The number of rotatable bonds is 8. The lowest BCUT2D eigenvalue weighted by molar-refractivity contribution is -0.143. The normalized spacial score (nSPS) is 14.0. The van der Waals surface area contributed by atoms with Crippen LogP contribution >= 0.6 is 0 Å². The largest absolute Gasteiger partial charge is 0.497 e. The van der Waals surface area contributed by atoms with E-state index in [1.165, 1.54) is 25.8 Å². The first-order valence-electron chi connectivity index (χ1n) is 13.0. The number of barbiturate groups is 1. The van der Waals surface area contributed by atoms with E-state index in [2.05, 4.69) is 0 Å². The Labute approximate surface area is 237 Å². The number of ether oxygens (including phenoxy) is 3. The van der Waals surface area contributed by atoms with Crippen LogP contribution in [0.25, 0.3) is 16.9 Å². The van der Waals surface area contributed by atoms with Crippen molar-refractivity contribution < 1.29 is 38.2 Å². The van der Waals surface area contributed by atoms with Gasteiger partial charge < -0.3 is 18.8 Å². The highest BCUT2D eigenvalue weighted by Gasteiger charge is 2.49. The first-order valence-corrected chi connectivity index (χ1v) is 13.0. The van der Waals surface area contributed by atoms with E-state index < -0.39 is 35.7 Å². The van der Waals surface area contributed by atoms with E-state index in [4.69, 9.17) is 14.2 Å². The van der Waals surface area contributed by atoms with Crippen LogP contribution < -0.4 is 4.74 Å². The number of nitrogens with zero attached hydrogens (tertiary/aromatic N) is 3. The predicted octanol–water partition coefficient (Wildman–Crippen LogP) is 3.95. The lowest BCUT2D eigenvalue weighted by atomic mass is 9.88. The van der Waals surface area contributed by atoms with E-state index in [0.29, 0.717) is 17.0 Å². The van der Waals surface area contributed by atoms with Gasteiger partial charge in [0.2, 0.25) is 11.8 Å². The average Bonchev–Trinajstić information content (AvgIpc) is 3.31. The van der Waals surface area contributed by atoms with Crippen LogP contribution in [-0.2, 0) is 19.1 Å². The van der Waals surface area contributed by atoms with Crippen molar-refractivity contribution in [1.82, 2.24) is 14.4 Å². The SMILES string of the molecule is CCOC(=O)c1c(C2C(=O)N(C)C(=O)N(C)C2=O)c(-c2ccc(C)cc2)n(-c2ccc(OC)cc2)c1C(=O)OCC.